The first kappa shape index (κ1) is 15.5. The molecule has 0 spiro atoms. The number of nitrogens with zero attached hydrogens (tertiary/aromatic N) is 2. The van der Waals surface area contributed by atoms with Crippen LogP contribution >= 0.6 is 11.6 Å². The van der Waals surface area contributed by atoms with E-state index in [0.717, 1.165) is 31.5 Å². The number of alkyl halides is 1. The van der Waals surface area contributed by atoms with Crippen LogP contribution in [0, 0.1) is 0 Å². The maximum atomic E-state index is 5.85. The first-order chi connectivity index (χ1) is 8.54. The van der Waals surface area contributed by atoms with Gasteiger partial charge < -0.3 is 5.32 Å². The highest BCUT2D eigenvalue weighted by atomic mass is 35.5. The molecule has 0 bridgehead atoms. The third-order valence-corrected chi connectivity index (χ3v) is 4.02. The fraction of sp³-hybridized carbons (Fsp3) is 0.786. The SMILES string of the molecule is CCC(C)n1ccc(CNC(C)(CC)CCCl)n1. The average molecular weight is 272 g/mol. The average Bonchev–Trinajstić information content (AvgIpc) is 2.85. The van der Waals surface area contributed by atoms with E-state index < -0.39 is 0 Å². The van der Waals surface area contributed by atoms with Gasteiger partial charge in [-0.25, -0.2) is 0 Å². The highest BCUT2D eigenvalue weighted by Crippen LogP contribution is 2.16. The molecule has 0 aromatic carbocycles. The maximum absolute atomic E-state index is 5.85. The lowest BCUT2D eigenvalue weighted by Gasteiger charge is -2.28. The van der Waals surface area contributed by atoms with E-state index in [2.05, 4.69) is 50.4 Å². The van der Waals surface area contributed by atoms with Crippen LogP contribution in [-0.2, 0) is 6.54 Å². The van der Waals surface area contributed by atoms with Gasteiger partial charge in [0.2, 0.25) is 0 Å². The predicted molar refractivity (Wildman–Crippen MR) is 78.1 cm³/mol. The molecule has 2 unspecified atom stereocenters. The number of aromatic nitrogens is 2. The second kappa shape index (κ2) is 7.15. The lowest BCUT2D eigenvalue weighted by atomic mass is 9.95. The molecule has 1 heterocycles. The number of hydrogen-bond donors (Lipinski definition) is 1. The zero-order valence-electron chi connectivity index (χ0n) is 12.0. The van der Waals surface area contributed by atoms with Crippen molar-refractivity contribution in [2.45, 2.75) is 65.1 Å². The quantitative estimate of drug-likeness (QED) is 0.730. The van der Waals surface area contributed by atoms with Gasteiger partial charge in [0.1, 0.15) is 0 Å². The van der Waals surface area contributed by atoms with Gasteiger partial charge in [0, 0.05) is 30.2 Å². The standard InChI is InChI=1S/C14H26ClN3/c1-5-12(3)18-10-7-13(17-18)11-16-14(4,6-2)8-9-15/h7,10,12,16H,5-6,8-9,11H2,1-4H3. The molecule has 4 heteroatoms. The summed E-state index contributed by atoms with van der Waals surface area (Å²) in [5, 5.41) is 8.17. The summed E-state index contributed by atoms with van der Waals surface area (Å²) in [6.45, 7) is 9.59. The van der Waals surface area contributed by atoms with Crippen molar-refractivity contribution in [1.29, 1.82) is 0 Å². The van der Waals surface area contributed by atoms with Crippen molar-refractivity contribution in [3.63, 3.8) is 0 Å². The van der Waals surface area contributed by atoms with Crippen molar-refractivity contribution in [2.75, 3.05) is 5.88 Å². The first-order valence-corrected chi connectivity index (χ1v) is 7.43. The van der Waals surface area contributed by atoms with Gasteiger partial charge in [-0.1, -0.05) is 13.8 Å². The third-order valence-electron chi connectivity index (χ3n) is 3.83. The molecule has 0 aliphatic rings. The van der Waals surface area contributed by atoms with E-state index in [4.69, 9.17) is 11.6 Å². The summed E-state index contributed by atoms with van der Waals surface area (Å²) in [6, 6.07) is 2.56. The van der Waals surface area contributed by atoms with Gasteiger partial charge in [-0.15, -0.1) is 11.6 Å². The minimum Gasteiger partial charge on any atom is -0.306 e. The minimum atomic E-state index is 0.113. The van der Waals surface area contributed by atoms with Crippen LogP contribution in [0.2, 0.25) is 0 Å². The Bertz CT molecular complexity index is 351. The molecule has 0 amide bonds. The van der Waals surface area contributed by atoms with Crippen molar-refractivity contribution < 1.29 is 0 Å². The molecule has 1 aromatic heterocycles. The molecule has 1 rings (SSSR count). The largest absolute Gasteiger partial charge is 0.306 e. The molecule has 0 aliphatic carbocycles. The van der Waals surface area contributed by atoms with E-state index >= 15 is 0 Å². The molecule has 0 radical (unpaired) electrons. The fourth-order valence-electron chi connectivity index (χ4n) is 1.81. The summed E-state index contributed by atoms with van der Waals surface area (Å²) >= 11 is 5.85. The number of halogens is 1. The molecular formula is C14H26ClN3. The Balaban J connectivity index is 2.55. The predicted octanol–water partition coefficient (Wildman–Crippen LogP) is 3.74. The van der Waals surface area contributed by atoms with Crippen molar-refractivity contribution in [3.05, 3.63) is 18.0 Å². The second-order valence-electron chi connectivity index (χ2n) is 5.25. The van der Waals surface area contributed by atoms with Gasteiger partial charge >= 0.3 is 0 Å². The molecule has 0 saturated heterocycles. The number of nitrogens with one attached hydrogen (secondary N) is 1. The molecular weight excluding hydrogens is 246 g/mol. The highest BCUT2D eigenvalue weighted by Gasteiger charge is 2.20. The Morgan fingerprint density at radius 1 is 1.50 bits per heavy atom. The van der Waals surface area contributed by atoms with Crippen LogP contribution in [0.5, 0.6) is 0 Å². The lowest BCUT2D eigenvalue weighted by molar-refractivity contribution is 0.328. The molecule has 2 atom stereocenters. The molecule has 1 N–H and O–H groups in total. The molecule has 1 aromatic rings. The summed E-state index contributed by atoms with van der Waals surface area (Å²) in [5.74, 6) is 0.693. The number of hydrogen-bond acceptors (Lipinski definition) is 2. The smallest absolute Gasteiger partial charge is 0.0762 e. The van der Waals surface area contributed by atoms with E-state index in [0.29, 0.717) is 11.9 Å². The Kier molecular flexibility index (Phi) is 6.16. The highest BCUT2D eigenvalue weighted by molar-refractivity contribution is 6.17. The lowest BCUT2D eigenvalue weighted by Crippen LogP contribution is -2.41. The third kappa shape index (κ3) is 4.29. The summed E-state index contributed by atoms with van der Waals surface area (Å²) < 4.78 is 2.04. The molecule has 18 heavy (non-hydrogen) atoms. The van der Waals surface area contributed by atoms with Crippen LogP contribution in [-0.4, -0.2) is 21.2 Å². The molecule has 104 valence electrons. The fourth-order valence-corrected chi connectivity index (χ4v) is 2.22. The van der Waals surface area contributed by atoms with Crippen LogP contribution in [0.1, 0.15) is 58.7 Å². The summed E-state index contributed by atoms with van der Waals surface area (Å²) in [4.78, 5) is 0. The molecule has 3 nitrogen and oxygen atoms in total. The van der Waals surface area contributed by atoms with Crippen molar-refractivity contribution in [2.24, 2.45) is 0 Å². The van der Waals surface area contributed by atoms with Gasteiger partial charge in [-0.2, -0.15) is 5.10 Å². The van der Waals surface area contributed by atoms with Gasteiger partial charge in [-0.05, 0) is 39.2 Å². The Morgan fingerprint density at radius 2 is 2.22 bits per heavy atom. The Morgan fingerprint density at radius 3 is 2.78 bits per heavy atom. The second-order valence-corrected chi connectivity index (χ2v) is 5.63. The van der Waals surface area contributed by atoms with E-state index in [1.807, 2.05) is 4.68 Å². The zero-order chi connectivity index (χ0) is 13.6. The van der Waals surface area contributed by atoms with Gasteiger partial charge in [0.05, 0.1) is 5.69 Å². The van der Waals surface area contributed by atoms with Crippen LogP contribution in [0.15, 0.2) is 12.3 Å². The first-order valence-electron chi connectivity index (χ1n) is 6.89. The van der Waals surface area contributed by atoms with Crippen LogP contribution < -0.4 is 5.32 Å². The molecule has 0 fully saturated rings. The van der Waals surface area contributed by atoms with Crippen LogP contribution in [0.4, 0.5) is 0 Å². The Hall–Kier alpha value is -0.540. The zero-order valence-corrected chi connectivity index (χ0v) is 12.8. The van der Waals surface area contributed by atoms with E-state index in [-0.39, 0.29) is 5.54 Å². The molecule has 0 saturated carbocycles. The van der Waals surface area contributed by atoms with Crippen LogP contribution in [0.3, 0.4) is 0 Å². The normalized spacial score (nSPS) is 16.5. The van der Waals surface area contributed by atoms with Crippen molar-refractivity contribution in [3.8, 4) is 0 Å². The number of rotatable bonds is 8. The van der Waals surface area contributed by atoms with Crippen LogP contribution in [0.25, 0.3) is 0 Å². The minimum absolute atomic E-state index is 0.113. The van der Waals surface area contributed by atoms with Gasteiger partial charge in [0.25, 0.3) is 0 Å². The van der Waals surface area contributed by atoms with E-state index in [9.17, 15) is 0 Å². The van der Waals surface area contributed by atoms with E-state index in [1.54, 1.807) is 0 Å². The molecule has 0 aliphatic heterocycles. The van der Waals surface area contributed by atoms with Gasteiger partial charge in [-0.3, -0.25) is 4.68 Å². The maximum Gasteiger partial charge on any atom is 0.0762 e. The van der Waals surface area contributed by atoms with Crippen molar-refractivity contribution in [1.82, 2.24) is 15.1 Å². The van der Waals surface area contributed by atoms with E-state index in [1.165, 1.54) is 0 Å². The topological polar surface area (TPSA) is 29.9 Å². The summed E-state index contributed by atoms with van der Waals surface area (Å²) in [5.41, 5.74) is 1.21. The monoisotopic (exact) mass is 271 g/mol. The van der Waals surface area contributed by atoms with Crippen molar-refractivity contribution >= 4 is 11.6 Å². The van der Waals surface area contributed by atoms with Gasteiger partial charge in [0.15, 0.2) is 0 Å². The summed E-state index contributed by atoms with van der Waals surface area (Å²) in [7, 11) is 0. The Labute approximate surface area is 116 Å². The summed E-state index contributed by atoms with van der Waals surface area (Å²) in [6.07, 6.45) is 5.23.